The highest BCUT2D eigenvalue weighted by molar-refractivity contribution is 7.91. The van der Waals surface area contributed by atoms with Gasteiger partial charge in [-0.2, -0.15) is 0 Å². The van der Waals surface area contributed by atoms with Crippen molar-refractivity contribution < 1.29 is 12.8 Å². The number of hydrogen-bond acceptors (Lipinski definition) is 5. The quantitative estimate of drug-likeness (QED) is 0.498. The lowest BCUT2D eigenvalue weighted by atomic mass is 10.2. The molecule has 4 rings (SSSR count). The smallest absolute Gasteiger partial charge is 0.204 e. The van der Waals surface area contributed by atoms with E-state index in [0.29, 0.717) is 23.7 Å². The Kier molecular flexibility index (Phi) is 6.36. The zero-order chi connectivity index (χ0) is 22.0. The zero-order valence-electron chi connectivity index (χ0n) is 17.3. The minimum atomic E-state index is -2.99. The van der Waals surface area contributed by atoms with Crippen molar-refractivity contribution in [1.29, 1.82) is 0 Å². The molecule has 1 saturated heterocycles. The molecule has 6 nitrogen and oxygen atoms in total. The van der Waals surface area contributed by atoms with Crippen molar-refractivity contribution in [3.63, 3.8) is 0 Å². The van der Waals surface area contributed by atoms with Gasteiger partial charge in [0.05, 0.1) is 23.9 Å². The highest BCUT2D eigenvalue weighted by Crippen LogP contribution is 2.24. The summed E-state index contributed by atoms with van der Waals surface area (Å²) in [5.74, 6) is 0.737. The Morgan fingerprint density at radius 3 is 2.48 bits per heavy atom. The molecule has 0 aliphatic carbocycles. The third kappa shape index (κ3) is 4.78. The van der Waals surface area contributed by atoms with Gasteiger partial charge in [0.1, 0.15) is 5.82 Å². The number of aromatic nitrogens is 3. The van der Waals surface area contributed by atoms with Crippen LogP contribution >= 0.6 is 12.2 Å². The lowest BCUT2D eigenvalue weighted by Gasteiger charge is -2.27. The summed E-state index contributed by atoms with van der Waals surface area (Å²) < 4.78 is 41.6. The second kappa shape index (κ2) is 9.02. The normalized spacial score (nSPS) is 18.0. The lowest BCUT2D eigenvalue weighted by molar-refractivity contribution is 0.155. The maximum Gasteiger partial charge on any atom is 0.204 e. The van der Waals surface area contributed by atoms with E-state index in [1.807, 2.05) is 34.9 Å². The Balaban J connectivity index is 1.76. The minimum absolute atomic E-state index is 0.0389. The molecule has 1 fully saturated rings. The number of halogens is 1. The van der Waals surface area contributed by atoms with E-state index < -0.39 is 9.84 Å². The molecule has 0 amide bonds. The molecule has 0 N–H and O–H groups in total. The van der Waals surface area contributed by atoms with E-state index in [4.69, 9.17) is 17.3 Å². The van der Waals surface area contributed by atoms with Crippen LogP contribution in [0.4, 0.5) is 4.39 Å². The molecule has 31 heavy (non-hydrogen) atoms. The average molecular weight is 461 g/mol. The van der Waals surface area contributed by atoms with Crippen molar-refractivity contribution in [2.45, 2.75) is 32.5 Å². The molecule has 2 heterocycles. The molecular formula is C22H25FN4O2S2. The van der Waals surface area contributed by atoms with Crippen molar-refractivity contribution in [3.8, 4) is 17.1 Å². The van der Waals surface area contributed by atoms with Crippen LogP contribution in [0.2, 0.25) is 0 Å². The van der Waals surface area contributed by atoms with Crippen LogP contribution in [0.15, 0.2) is 54.6 Å². The van der Waals surface area contributed by atoms with Gasteiger partial charge in [-0.15, -0.1) is 5.10 Å². The summed E-state index contributed by atoms with van der Waals surface area (Å²) >= 11 is 5.77. The summed E-state index contributed by atoms with van der Waals surface area (Å²) in [7, 11) is -2.99. The van der Waals surface area contributed by atoms with E-state index in [0.717, 1.165) is 24.2 Å². The second-order valence-corrected chi connectivity index (χ2v) is 10.4. The standard InChI is InChI=1S/C22H25FN4O2S2/c1-2-13-25(20-12-14-31(28,29)15-20)16-26-22(30)27(19-10-8-18(23)9-11-19)21(24-26)17-6-4-3-5-7-17/h3-11,20H,2,12-16H2,1H3. The molecule has 164 valence electrons. The first-order chi connectivity index (χ1) is 14.9. The fraction of sp³-hybridized carbons (Fsp3) is 0.364. The Bertz CT molecular complexity index is 1200. The SMILES string of the molecule is CCCN(Cn1nc(-c2ccccc2)n(-c2ccc(F)cc2)c1=S)C1CCS(=O)(=O)C1. The molecule has 1 aromatic heterocycles. The van der Waals surface area contributed by atoms with Gasteiger partial charge in [-0.1, -0.05) is 37.3 Å². The zero-order valence-corrected chi connectivity index (χ0v) is 18.9. The van der Waals surface area contributed by atoms with Crippen LogP contribution in [0.25, 0.3) is 17.1 Å². The number of rotatable bonds is 7. The van der Waals surface area contributed by atoms with Crippen LogP contribution in [-0.2, 0) is 16.5 Å². The van der Waals surface area contributed by atoms with Crippen LogP contribution in [0.1, 0.15) is 19.8 Å². The molecule has 0 spiro atoms. The average Bonchev–Trinajstić information content (AvgIpc) is 3.28. The predicted octanol–water partition coefficient (Wildman–Crippen LogP) is 4.07. The summed E-state index contributed by atoms with van der Waals surface area (Å²) in [6, 6.07) is 15.8. The molecule has 9 heteroatoms. The number of sulfone groups is 1. The van der Waals surface area contributed by atoms with Gasteiger partial charge in [0.25, 0.3) is 0 Å². The molecule has 0 radical (unpaired) electrons. The van der Waals surface area contributed by atoms with E-state index in [2.05, 4.69) is 11.8 Å². The Labute approximate surface area is 186 Å². The molecule has 1 aliphatic rings. The molecule has 0 saturated carbocycles. The Morgan fingerprint density at radius 2 is 1.87 bits per heavy atom. The maximum atomic E-state index is 13.5. The number of nitrogens with zero attached hydrogens (tertiary/aromatic N) is 4. The fourth-order valence-electron chi connectivity index (χ4n) is 3.99. The van der Waals surface area contributed by atoms with Gasteiger partial charge in [0, 0.05) is 11.6 Å². The van der Waals surface area contributed by atoms with Gasteiger partial charge >= 0.3 is 0 Å². The van der Waals surface area contributed by atoms with Crippen molar-refractivity contribution in [3.05, 3.63) is 65.2 Å². The number of benzene rings is 2. The summed E-state index contributed by atoms with van der Waals surface area (Å²) in [6.45, 7) is 3.23. The molecule has 1 unspecified atom stereocenters. The van der Waals surface area contributed by atoms with Gasteiger partial charge in [-0.3, -0.25) is 9.47 Å². The van der Waals surface area contributed by atoms with Crippen molar-refractivity contribution in [1.82, 2.24) is 19.2 Å². The fourth-order valence-corrected chi connectivity index (χ4v) is 6.04. The third-order valence-electron chi connectivity index (χ3n) is 5.51. The Morgan fingerprint density at radius 1 is 1.16 bits per heavy atom. The van der Waals surface area contributed by atoms with Crippen LogP contribution in [0, 0.1) is 10.6 Å². The molecule has 2 aromatic carbocycles. The highest BCUT2D eigenvalue weighted by Gasteiger charge is 2.32. The monoisotopic (exact) mass is 460 g/mol. The summed E-state index contributed by atoms with van der Waals surface area (Å²) in [4.78, 5) is 2.15. The first kappa shape index (κ1) is 21.9. The number of hydrogen-bond donors (Lipinski definition) is 0. The van der Waals surface area contributed by atoms with E-state index in [-0.39, 0.29) is 23.4 Å². The summed E-state index contributed by atoms with van der Waals surface area (Å²) in [6.07, 6.45) is 1.52. The Hall–Kier alpha value is -2.36. The molecule has 0 bridgehead atoms. The highest BCUT2D eigenvalue weighted by atomic mass is 32.2. The molecule has 1 atom stereocenters. The van der Waals surface area contributed by atoms with E-state index >= 15 is 0 Å². The van der Waals surface area contributed by atoms with Crippen LogP contribution in [0.5, 0.6) is 0 Å². The largest absolute Gasteiger partial charge is 0.280 e. The van der Waals surface area contributed by atoms with Gasteiger partial charge in [-0.05, 0) is 55.9 Å². The van der Waals surface area contributed by atoms with E-state index in [1.54, 1.807) is 16.8 Å². The maximum absolute atomic E-state index is 13.5. The molecular weight excluding hydrogens is 435 g/mol. The third-order valence-corrected chi connectivity index (χ3v) is 7.65. The van der Waals surface area contributed by atoms with Gasteiger partial charge in [-0.25, -0.2) is 17.5 Å². The van der Waals surface area contributed by atoms with Gasteiger partial charge in [0.15, 0.2) is 15.7 Å². The topological polar surface area (TPSA) is 60.1 Å². The van der Waals surface area contributed by atoms with Crippen molar-refractivity contribution in [2.24, 2.45) is 0 Å². The molecule has 3 aromatic rings. The van der Waals surface area contributed by atoms with E-state index in [9.17, 15) is 12.8 Å². The van der Waals surface area contributed by atoms with Crippen LogP contribution in [-0.4, -0.2) is 51.8 Å². The molecule has 1 aliphatic heterocycles. The van der Waals surface area contributed by atoms with Gasteiger partial charge in [0.2, 0.25) is 4.77 Å². The second-order valence-electron chi connectivity index (χ2n) is 7.79. The predicted molar refractivity (Wildman–Crippen MR) is 122 cm³/mol. The first-order valence-corrected chi connectivity index (χ1v) is 12.6. The van der Waals surface area contributed by atoms with Crippen molar-refractivity contribution >= 4 is 22.1 Å². The lowest BCUT2D eigenvalue weighted by Crippen LogP contribution is -2.38. The first-order valence-electron chi connectivity index (χ1n) is 10.3. The van der Waals surface area contributed by atoms with E-state index in [1.165, 1.54) is 12.1 Å². The summed E-state index contributed by atoms with van der Waals surface area (Å²) in [5.41, 5.74) is 1.61. The van der Waals surface area contributed by atoms with Gasteiger partial charge < -0.3 is 0 Å². The summed E-state index contributed by atoms with van der Waals surface area (Å²) in [5, 5.41) is 4.80. The van der Waals surface area contributed by atoms with Crippen molar-refractivity contribution in [2.75, 3.05) is 18.1 Å². The van der Waals surface area contributed by atoms with Crippen LogP contribution < -0.4 is 0 Å². The minimum Gasteiger partial charge on any atom is -0.280 e. The van der Waals surface area contributed by atoms with Crippen LogP contribution in [0.3, 0.4) is 0 Å².